The van der Waals surface area contributed by atoms with Crippen molar-refractivity contribution < 1.29 is 4.42 Å². The van der Waals surface area contributed by atoms with Crippen LogP contribution < -0.4 is 5.63 Å². The molecule has 0 fully saturated rings. The van der Waals surface area contributed by atoms with Crippen molar-refractivity contribution in [1.29, 1.82) is 5.26 Å². The van der Waals surface area contributed by atoms with Gasteiger partial charge in [0, 0.05) is 11.1 Å². The van der Waals surface area contributed by atoms with Gasteiger partial charge in [-0.25, -0.2) is 4.79 Å². The predicted octanol–water partition coefficient (Wildman–Crippen LogP) is 3.85. The molecule has 1 aromatic heterocycles. The average molecular weight is 273 g/mol. The molecule has 0 saturated heterocycles. The minimum Gasteiger partial charge on any atom is -0.422 e. The van der Waals surface area contributed by atoms with Gasteiger partial charge in [0.2, 0.25) is 0 Å². The monoisotopic (exact) mass is 273 g/mol. The number of nitrogens with zero attached hydrogens (tertiary/aromatic N) is 1. The Morgan fingerprint density at radius 2 is 1.43 bits per heavy atom. The summed E-state index contributed by atoms with van der Waals surface area (Å²) in [5.74, 6) is 0.457. The topological polar surface area (TPSA) is 54.0 Å². The molecule has 0 N–H and O–H groups in total. The molecule has 3 heteroatoms. The first kappa shape index (κ1) is 12.9. The van der Waals surface area contributed by atoms with Crippen molar-refractivity contribution in [1.82, 2.24) is 0 Å². The molecule has 0 bridgehead atoms. The third-order valence-corrected chi connectivity index (χ3v) is 3.21. The molecule has 3 nitrogen and oxygen atoms in total. The van der Waals surface area contributed by atoms with Crippen molar-refractivity contribution in [2.24, 2.45) is 0 Å². The summed E-state index contributed by atoms with van der Waals surface area (Å²) in [6, 6.07) is 22.4. The van der Waals surface area contributed by atoms with Gasteiger partial charge in [0.1, 0.15) is 17.4 Å². The van der Waals surface area contributed by atoms with E-state index in [1.807, 2.05) is 66.7 Å². The molecule has 3 rings (SSSR count). The molecule has 0 spiro atoms. The molecule has 0 aliphatic rings. The summed E-state index contributed by atoms with van der Waals surface area (Å²) in [4.78, 5) is 12.0. The first-order valence-electron chi connectivity index (χ1n) is 6.48. The Balaban J connectivity index is 2.27. The second-order valence-corrected chi connectivity index (χ2v) is 4.53. The van der Waals surface area contributed by atoms with E-state index in [0.717, 1.165) is 11.1 Å². The molecule has 0 radical (unpaired) electrons. The summed E-state index contributed by atoms with van der Waals surface area (Å²) >= 11 is 0. The highest BCUT2D eigenvalue weighted by molar-refractivity contribution is 5.74. The Bertz CT molecular complexity index is 859. The van der Waals surface area contributed by atoms with E-state index in [0.29, 0.717) is 11.3 Å². The van der Waals surface area contributed by atoms with Crippen LogP contribution >= 0.6 is 0 Å². The first-order valence-corrected chi connectivity index (χ1v) is 6.48. The molecule has 0 amide bonds. The molecule has 0 saturated carbocycles. The van der Waals surface area contributed by atoms with Gasteiger partial charge in [-0.1, -0.05) is 60.7 Å². The maximum absolute atomic E-state index is 12.0. The third kappa shape index (κ3) is 2.47. The fourth-order valence-corrected chi connectivity index (χ4v) is 2.19. The zero-order valence-corrected chi connectivity index (χ0v) is 11.1. The lowest BCUT2D eigenvalue weighted by atomic mass is 10.0. The van der Waals surface area contributed by atoms with Gasteiger partial charge in [0.25, 0.3) is 0 Å². The van der Waals surface area contributed by atoms with E-state index in [-0.39, 0.29) is 5.56 Å². The number of rotatable bonds is 2. The van der Waals surface area contributed by atoms with E-state index < -0.39 is 5.63 Å². The van der Waals surface area contributed by atoms with Crippen LogP contribution in [0.3, 0.4) is 0 Å². The lowest BCUT2D eigenvalue weighted by molar-refractivity contribution is 0.524. The molecule has 0 aliphatic carbocycles. The zero-order valence-electron chi connectivity index (χ0n) is 11.1. The molecule has 0 unspecified atom stereocenters. The Morgan fingerprint density at radius 3 is 2.00 bits per heavy atom. The van der Waals surface area contributed by atoms with Gasteiger partial charge in [0.15, 0.2) is 0 Å². The number of hydrogen-bond acceptors (Lipinski definition) is 3. The SMILES string of the molecule is N#Cc1c(-c2ccccc2)cc(-c2ccccc2)oc1=O. The number of benzene rings is 2. The minimum absolute atomic E-state index is 0.0286. The van der Waals surface area contributed by atoms with E-state index in [1.165, 1.54) is 0 Å². The highest BCUT2D eigenvalue weighted by Crippen LogP contribution is 2.27. The van der Waals surface area contributed by atoms with Gasteiger partial charge in [-0.05, 0) is 11.6 Å². The van der Waals surface area contributed by atoms with E-state index in [9.17, 15) is 10.1 Å². The van der Waals surface area contributed by atoms with Crippen molar-refractivity contribution >= 4 is 0 Å². The lowest BCUT2D eigenvalue weighted by Crippen LogP contribution is -2.06. The summed E-state index contributed by atoms with van der Waals surface area (Å²) in [7, 11) is 0. The molecule has 21 heavy (non-hydrogen) atoms. The quantitative estimate of drug-likeness (QED) is 0.712. The van der Waals surface area contributed by atoms with Crippen LogP contribution in [0.4, 0.5) is 0 Å². The normalized spacial score (nSPS) is 10.0. The lowest BCUT2D eigenvalue weighted by Gasteiger charge is -2.06. The van der Waals surface area contributed by atoms with Crippen LogP contribution in [0.5, 0.6) is 0 Å². The van der Waals surface area contributed by atoms with Crippen molar-refractivity contribution in [3.05, 3.63) is 82.7 Å². The molecular weight excluding hydrogens is 262 g/mol. The van der Waals surface area contributed by atoms with Crippen LogP contribution in [-0.4, -0.2) is 0 Å². The predicted molar refractivity (Wildman–Crippen MR) is 80.6 cm³/mol. The third-order valence-electron chi connectivity index (χ3n) is 3.21. The number of hydrogen-bond donors (Lipinski definition) is 0. The molecule has 100 valence electrons. The van der Waals surface area contributed by atoms with Crippen LogP contribution in [0.2, 0.25) is 0 Å². The average Bonchev–Trinajstić information content (AvgIpc) is 2.55. The zero-order chi connectivity index (χ0) is 14.7. The fourth-order valence-electron chi connectivity index (χ4n) is 2.19. The summed E-state index contributed by atoms with van der Waals surface area (Å²) < 4.78 is 5.27. The molecule has 1 heterocycles. The standard InChI is InChI=1S/C18H11NO2/c19-12-16-15(13-7-3-1-4-8-13)11-17(21-18(16)20)14-9-5-2-6-10-14/h1-11H. The Hall–Kier alpha value is -3.12. The molecule has 2 aromatic carbocycles. The Labute approximate surface area is 121 Å². The van der Waals surface area contributed by atoms with E-state index in [4.69, 9.17) is 4.42 Å². The largest absolute Gasteiger partial charge is 0.422 e. The van der Waals surface area contributed by atoms with E-state index >= 15 is 0 Å². The van der Waals surface area contributed by atoms with Crippen molar-refractivity contribution in [3.63, 3.8) is 0 Å². The van der Waals surface area contributed by atoms with Gasteiger partial charge < -0.3 is 4.42 Å². The second-order valence-electron chi connectivity index (χ2n) is 4.53. The summed E-state index contributed by atoms with van der Waals surface area (Å²) in [5.41, 5.74) is 1.63. The summed E-state index contributed by atoms with van der Waals surface area (Å²) in [5, 5.41) is 9.21. The van der Waals surface area contributed by atoms with Gasteiger partial charge in [-0.3, -0.25) is 0 Å². The van der Waals surface area contributed by atoms with Crippen LogP contribution in [0.25, 0.3) is 22.5 Å². The van der Waals surface area contributed by atoms with Crippen molar-refractivity contribution in [2.75, 3.05) is 0 Å². The fraction of sp³-hybridized carbons (Fsp3) is 0. The van der Waals surface area contributed by atoms with Crippen LogP contribution in [-0.2, 0) is 0 Å². The highest BCUT2D eigenvalue weighted by atomic mass is 16.4. The van der Waals surface area contributed by atoms with Crippen molar-refractivity contribution in [2.45, 2.75) is 0 Å². The molecular formula is C18H11NO2. The molecule has 3 aromatic rings. The van der Waals surface area contributed by atoms with E-state index in [2.05, 4.69) is 0 Å². The maximum Gasteiger partial charge on any atom is 0.354 e. The second kappa shape index (κ2) is 5.48. The minimum atomic E-state index is -0.613. The van der Waals surface area contributed by atoms with Gasteiger partial charge in [-0.2, -0.15) is 5.26 Å². The summed E-state index contributed by atoms with van der Waals surface area (Å²) in [6.07, 6.45) is 0. The van der Waals surface area contributed by atoms with Gasteiger partial charge in [0.05, 0.1) is 0 Å². The molecule has 0 atom stereocenters. The first-order chi connectivity index (χ1) is 10.3. The molecule has 0 aliphatic heterocycles. The Morgan fingerprint density at radius 1 is 0.857 bits per heavy atom. The van der Waals surface area contributed by atoms with Crippen molar-refractivity contribution in [3.8, 4) is 28.5 Å². The highest BCUT2D eigenvalue weighted by Gasteiger charge is 2.13. The summed E-state index contributed by atoms with van der Waals surface area (Å²) in [6.45, 7) is 0. The van der Waals surface area contributed by atoms with Crippen LogP contribution in [0.15, 0.2) is 75.9 Å². The number of nitriles is 1. The Kier molecular flexibility index (Phi) is 3.36. The van der Waals surface area contributed by atoms with Gasteiger partial charge >= 0.3 is 5.63 Å². The van der Waals surface area contributed by atoms with Crippen LogP contribution in [0.1, 0.15) is 5.56 Å². The maximum atomic E-state index is 12.0. The smallest absolute Gasteiger partial charge is 0.354 e. The van der Waals surface area contributed by atoms with Gasteiger partial charge in [-0.15, -0.1) is 0 Å². The van der Waals surface area contributed by atoms with E-state index in [1.54, 1.807) is 6.07 Å². The van der Waals surface area contributed by atoms with Crippen LogP contribution in [0, 0.1) is 11.3 Å².